The molecule has 1 aliphatic heterocycles. The van der Waals surface area contributed by atoms with Crippen LogP contribution in [0.25, 0.3) is 0 Å². The van der Waals surface area contributed by atoms with Crippen LogP contribution in [0.3, 0.4) is 0 Å². The smallest absolute Gasteiger partial charge is 0.317 e. The molecule has 9 heteroatoms. The molecule has 0 spiro atoms. The third-order valence-corrected chi connectivity index (χ3v) is 3.95. The molecule has 2 aromatic rings. The van der Waals surface area contributed by atoms with Crippen LogP contribution in [0, 0.1) is 0 Å². The molecule has 3 heterocycles. The third-order valence-electron chi connectivity index (χ3n) is 3.95. The summed E-state index contributed by atoms with van der Waals surface area (Å²) >= 11 is 0. The lowest BCUT2D eigenvalue weighted by atomic mass is 10.1. The van der Waals surface area contributed by atoms with Crippen LogP contribution in [0.2, 0.25) is 0 Å². The van der Waals surface area contributed by atoms with Crippen molar-refractivity contribution in [2.24, 2.45) is 0 Å². The zero-order valence-electron chi connectivity index (χ0n) is 14.1. The lowest BCUT2D eigenvalue weighted by Gasteiger charge is -2.31. The van der Waals surface area contributed by atoms with E-state index in [1.165, 1.54) is 0 Å². The fraction of sp³-hybridized carbons (Fsp3) is 0.500. The van der Waals surface area contributed by atoms with Crippen molar-refractivity contribution >= 4 is 6.03 Å². The summed E-state index contributed by atoms with van der Waals surface area (Å²) in [6, 6.07) is 3.93. The van der Waals surface area contributed by atoms with E-state index in [2.05, 4.69) is 25.5 Å². The summed E-state index contributed by atoms with van der Waals surface area (Å²) in [6.45, 7) is 2.13. The standard InChI is InChI=1S/C16H22N6O3/c1-24-11-13-9-12(20-21-13)10-19-16(23)22-7-3-14(4-8-22)25-15-17-5-2-6-18-15/h2,5-6,9,14H,3-4,7-8,10-11H2,1H3,(H,19,23)(H,20,21). The Morgan fingerprint density at radius 1 is 1.36 bits per heavy atom. The Bertz CT molecular complexity index is 670. The van der Waals surface area contributed by atoms with Crippen molar-refractivity contribution < 1.29 is 14.3 Å². The van der Waals surface area contributed by atoms with Crippen LogP contribution in [0.4, 0.5) is 4.79 Å². The van der Waals surface area contributed by atoms with Crippen molar-refractivity contribution in [1.29, 1.82) is 0 Å². The van der Waals surface area contributed by atoms with Crippen molar-refractivity contribution in [3.63, 3.8) is 0 Å². The topological polar surface area (TPSA) is 105 Å². The Kier molecular flexibility index (Phi) is 5.78. The lowest BCUT2D eigenvalue weighted by Crippen LogP contribution is -2.46. The molecule has 9 nitrogen and oxygen atoms in total. The van der Waals surface area contributed by atoms with Gasteiger partial charge >= 0.3 is 12.0 Å². The van der Waals surface area contributed by atoms with Crippen LogP contribution in [-0.4, -0.2) is 57.4 Å². The second kappa shape index (κ2) is 8.43. The molecule has 0 aromatic carbocycles. The minimum Gasteiger partial charge on any atom is -0.460 e. The Labute approximate surface area is 145 Å². The summed E-state index contributed by atoms with van der Waals surface area (Å²) in [7, 11) is 1.62. The molecule has 0 bridgehead atoms. The first kappa shape index (κ1) is 17.2. The number of likely N-dealkylation sites (tertiary alicyclic amines) is 1. The lowest BCUT2D eigenvalue weighted by molar-refractivity contribution is 0.103. The number of carbonyl (C=O) groups excluding carboxylic acids is 1. The number of nitrogens with zero attached hydrogens (tertiary/aromatic N) is 4. The number of carbonyl (C=O) groups is 1. The molecule has 1 saturated heterocycles. The van der Waals surface area contributed by atoms with E-state index < -0.39 is 0 Å². The number of methoxy groups -OCH3 is 1. The quantitative estimate of drug-likeness (QED) is 0.811. The van der Waals surface area contributed by atoms with E-state index in [-0.39, 0.29) is 12.1 Å². The highest BCUT2D eigenvalue weighted by atomic mass is 16.5. The molecule has 2 aromatic heterocycles. The molecule has 0 radical (unpaired) electrons. The number of amides is 2. The van der Waals surface area contributed by atoms with E-state index in [1.54, 1.807) is 30.5 Å². The van der Waals surface area contributed by atoms with Crippen LogP contribution in [-0.2, 0) is 17.9 Å². The molecule has 1 fully saturated rings. The Balaban J connectivity index is 1.40. The van der Waals surface area contributed by atoms with Crippen molar-refractivity contribution in [2.75, 3.05) is 20.2 Å². The van der Waals surface area contributed by atoms with E-state index in [9.17, 15) is 4.79 Å². The molecule has 1 aliphatic rings. The van der Waals surface area contributed by atoms with Gasteiger partial charge in [-0.05, 0) is 12.1 Å². The second-order valence-corrected chi connectivity index (χ2v) is 5.81. The van der Waals surface area contributed by atoms with E-state index in [4.69, 9.17) is 9.47 Å². The Morgan fingerprint density at radius 3 is 2.84 bits per heavy atom. The van der Waals surface area contributed by atoms with Gasteiger partial charge in [0.25, 0.3) is 0 Å². The van der Waals surface area contributed by atoms with Crippen LogP contribution >= 0.6 is 0 Å². The van der Waals surface area contributed by atoms with Gasteiger partial charge in [0.05, 0.1) is 24.5 Å². The molecule has 0 aliphatic carbocycles. The third kappa shape index (κ3) is 4.90. The molecule has 2 amide bonds. The zero-order chi connectivity index (χ0) is 17.5. The first-order valence-corrected chi connectivity index (χ1v) is 8.23. The van der Waals surface area contributed by atoms with Crippen molar-refractivity contribution in [3.8, 4) is 6.01 Å². The normalized spacial score (nSPS) is 15.2. The van der Waals surface area contributed by atoms with Crippen molar-refractivity contribution in [3.05, 3.63) is 35.9 Å². The number of aromatic nitrogens is 4. The molecule has 0 saturated carbocycles. The summed E-state index contributed by atoms with van der Waals surface area (Å²) in [4.78, 5) is 22.2. The first-order chi connectivity index (χ1) is 12.2. The Hall–Kier alpha value is -2.68. The van der Waals surface area contributed by atoms with E-state index >= 15 is 0 Å². The fourth-order valence-electron chi connectivity index (χ4n) is 2.68. The number of rotatable bonds is 6. The molecule has 0 atom stereocenters. The predicted octanol–water partition coefficient (Wildman–Crippen LogP) is 1.10. The Morgan fingerprint density at radius 2 is 2.12 bits per heavy atom. The highest BCUT2D eigenvalue weighted by Gasteiger charge is 2.24. The van der Waals surface area contributed by atoms with Gasteiger partial charge in [-0.15, -0.1) is 0 Å². The molecule has 134 valence electrons. The van der Waals surface area contributed by atoms with Gasteiger partial charge in [-0.3, -0.25) is 5.10 Å². The molecular weight excluding hydrogens is 324 g/mol. The summed E-state index contributed by atoms with van der Waals surface area (Å²) in [6.07, 6.45) is 4.86. The number of hydrogen-bond acceptors (Lipinski definition) is 6. The summed E-state index contributed by atoms with van der Waals surface area (Å²) in [5, 5.41) is 9.89. The maximum Gasteiger partial charge on any atom is 0.317 e. The van der Waals surface area contributed by atoms with Crippen molar-refractivity contribution in [1.82, 2.24) is 30.4 Å². The predicted molar refractivity (Wildman–Crippen MR) is 88.8 cm³/mol. The van der Waals surface area contributed by atoms with E-state index in [0.717, 1.165) is 24.2 Å². The van der Waals surface area contributed by atoms with Gasteiger partial charge in [-0.1, -0.05) is 0 Å². The van der Waals surface area contributed by atoms with E-state index in [1.807, 2.05) is 6.07 Å². The average Bonchev–Trinajstić information content (AvgIpc) is 3.09. The minimum absolute atomic E-state index is 0.0376. The minimum atomic E-state index is -0.0858. The number of nitrogens with one attached hydrogen (secondary N) is 2. The monoisotopic (exact) mass is 346 g/mol. The van der Waals surface area contributed by atoms with Crippen LogP contribution < -0.4 is 10.1 Å². The summed E-state index contributed by atoms with van der Waals surface area (Å²) in [5.74, 6) is 0. The largest absolute Gasteiger partial charge is 0.460 e. The van der Waals surface area contributed by atoms with Crippen LogP contribution in [0.1, 0.15) is 24.2 Å². The van der Waals surface area contributed by atoms with Gasteiger partial charge in [0, 0.05) is 45.4 Å². The van der Waals surface area contributed by atoms with E-state index in [0.29, 0.717) is 32.3 Å². The second-order valence-electron chi connectivity index (χ2n) is 5.81. The first-order valence-electron chi connectivity index (χ1n) is 8.23. The highest BCUT2D eigenvalue weighted by Crippen LogP contribution is 2.15. The maximum atomic E-state index is 12.3. The highest BCUT2D eigenvalue weighted by molar-refractivity contribution is 5.74. The van der Waals surface area contributed by atoms with Crippen LogP contribution in [0.15, 0.2) is 24.5 Å². The number of hydrogen-bond donors (Lipinski definition) is 2. The van der Waals surface area contributed by atoms with Gasteiger partial charge in [0.2, 0.25) is 0 Å². The van der Waals surface area contributed by atoms with Crippen LogP contribution in [0.5, 0.6) is 6.01 Å². The fourth-order valence-corrected chi connectivity index (χ4v) is 2.68. The molecule has 25 heavy (non-hydrogen) atoms. The number of aromatic amines is 1. The number of piperidine rings is 1. The molecule has 3 rings (SSSR count). The summed E-state index contributed by atoms with van der Waals surface area (Å²) in [5.41, 5.74) is 1.66. The summed E-state index contributed by atoms with van der Waals surface area (Å²) < 4.78 is 10.7. The number of urea groups is 1. The number of H-pyrrole nitrogens is 1. The van der Waals surface area contributed by atoms with Gasteiger partial charge in [-0.2, -0.15) is 5.10 Å². The molecule has 2 N–H and O–H groups in total. The van der Waals surface area contributed by atoms with Gasteiger partial charge in [-0.25, -0.2) is 14.8 Å². The molecular formula is C16H22N6O3. The van der Waals surface area contributed by atoms with Gasteiger partial charge in [0.15, 0.2) is 0 Å². The SMILES string of the molecule is COCc1cc(CNC(=O)N2CCC(Oc3ncccn3)CC2)[nH]n1. The zero-order valence-corrected chi connectivity index (χ0v) is 14.1. The van der Waals surface area contributed by atoms with Gasteiger partial charge in [0.1, 0.15) is 6.10 Å². The molecule has 0 unspecified atom stereocenters. The average molecular weight is 346 g/mol. The van der Waals surface area contributed by atoms with Gasteiger partial charge < -0.3 is 19.7 Å². The van der Waals surface area contributed by atoms with Crippen molar-refractivity contribution in [2.45, 2.75) is 32.1 Å². The maximum absolute atomic E-state index is 12.3. The number of ether oxygens (including phenoxy) is 2.